The van der Waals surface area contributed by atoms with Gasteiger partial charge >= 0.3 is 0 Å². The van der Waals surface area contributed by atoms with Crippen LogP contribution in [0, 0.1) is 5.92 Å². The predicted molar refractivity (Wildman–Crippen MR) is 76.0 cm³/mol. The fourth-order valence-corrected chi connectivity index (χ4v) is 4.09. The summed E-state index contributed by atoms with van der Waals surface area (Å²) in [5.41, 5.74) is 0. The third-order valence-corrected chi connectivity index (χ3v) is 5.13. The molecule has 2 heterocycles. The van der Waals surface area contributed by atoms with Gasteiger partial charge in [-0.2, -0.15) is 0 Å². The van der Waals surface area contributed by atoms with Crippen LogP contribution in [0.15, 0.2) is 0 Å². The number of carbonyl (C=O) groups excluding carboxylic acids is 1. The van der Waals surface area contributed by atoms with Crippen LogP contribution in [0.3, 0.4) is 0 Å². The summed E-state index contributed by atoms with van der Waals surface area (Å²) in [5, 5.41) is 3.35. The number of piperidine rings is 1. The second kappa shape index (κ2) is 6.23. The van der Waals surface area contributed by atoms with Gasteiger partial charge in [-0.05, 0) is 31.6 Å². The van der Waals surface area contributed by atoms with E-state index in [0.29, 0.717) is 18.5 Å². The second-order valence-corrected chi connectivity index (χ2v) is 6.37. The summed E-state index contributed by atoms with van der Waals surface area (Å²) >= 11 is 0. The lowest BCUT2D eigenvalue weighted by atomic mass is 9.78. The monoisotopic (exact) mass is 265 g/mol. The molecule has 0 spiro atoms. The van der Waals surface area contributed by atoms with Gasteiger partial charge in [-0.25, -0.2) is 0 Å². The van der Waals surface area contributed by atoms with Crippen LogP contribution in [0.5, 0.6) is 0 Å². The van der Waals surface area contributed by atoms with Gasteiger partial charge in [0.25, 0.3) is 0 Å². The second-order valence-electron chi connectivity index (χ2n) is 6.37. The number of piperazine rings is 1. The number of hydrogen-bond donors (Lipinski definition) is 1. The van der Waals surface area contributed by atoms with Crippen molar-refractivity contribution < 1.29 is 4.79 Å². The van der Waals surface area contributed by atoms with Gasteiger partial charge in [-0.1, -0.05) is 12.8 Å². The average Bonchev–Trinajstić information content (AvgIpc) is 2.47. The molecule has 1 aliphatic carbocycles. The maximum Gasteiger partial charge on any atom is 0.237 e. The minimum Gasteiger partial charge on any atom is -0.338 e. The van der Waals surface area contributed by atoms with E-state index in [2.05, 4.69) is 15.1 Å². The van der Waals surface area contributed by atoms with Crippen molar-refractivity contribution in [1.29, 1.82) is 0 Å². The minimum atomic E-state index is 0.388. The van der Waals surface area contributed by atoms with Crippen LogP contribution >= 0.6 is 0 Å². The number of nitrogens with one attached hydrogen (secondary N) is 1. The van der Waals surface area contributed by atoms with Crippen LogP contribution < -0.4 is 5.32 Å². The summed E-state index contributed by atoms with van der Waals surface area (Å²) in [7, 11) is 0. The van der Waals surface area contributed by atoms with Crippen molar-refractivity contribution in [3.8, 4) is 0 Å². The van der Waals surface area contributed by atoms with E-state index in [1.54, 1.807) is 0 Å². The first-order chi connectivity index (χ1) is 9.34. The fraction of sp³-hybridized carbons (Fsp3) is 0.933. The highest BCUT2D eigenvalue weighted by molar-refractivity contribution is 5.78. The Kier molecular flexibility index (Phi) is 4.38. The Balaban J connectivity index is 1.58. The largest absolute Gasteiger partial charge is 0.338 e. The topological polar surface area (TPSA) is 35.6 Å². The van der Waals surface area contributed by atoms with Crippen LogP contribution in [0.1, 0.15) is 38.5 Å². The molecular formula is C15H27N3O. The van der Waals surface area contributed by atoms with E-state index in [1.165, 1.54) is 38.5 Å². The van der Waals surface area contributed by atoms with E-state index < -0.39 is 0 Å². The van der Waals surface area contributed by atoms with Gasteiger partial charge in [0.2, 0.25) is 5.91 Å². The van der Waals surface area contributed by atoms with Gasteiger partial charge in [0.05, 0.1) is 6.54 Å². The molecule has 0 aromatic carbocycles. The molecule has 19 heavy (non-hydrogen) atoms. The number of rotatable bonds is 2. The molecule has 4 heteroatoms. The van der Waals surface area contributed by atoms with Crippen molar-refractivity contribution in [2.75, 3.05) is 39.3 Å². The zero-order valence-electron chi connectivity index (χ0n) is 11.9. The molecule has 1 N–H and O–H groups in total. The highest BCUT2D eigenvalue weighted by Crippen LogP contribution is 2.35. The van der Waals surface area contributed by atoms with E-state index in [0.717, 1.165) is 38.6 Å². The first-order valence-corrected chi connectivity index (χ1v) is 8.07. The van der Waals surface area contributed by atoms with E-state index >= 15 is 0 Å². The molecule has 3 fully saturated rings. The first kappa shape index (κ1) is 13.4. The molecule has 0 aromatic rings. The number of amides is 1. The van der Waals surface area contributed by atoms with Crippen molar-refractivity contribution in [2.45, 2.75) is 44.6 Å². The van der Waals surface area contributed by atoms with E-state index in [9.17, 15) is 4.79 Å². The Morgan fingerprint density at radius 1 is 1.00 bits per heavy atom. The summed E-state index contributed by atoms with van der Waals surface area (Å²) in [6.45, 7) is 5.75. The highest BCUT2D eigenvalue weighted by Gasteiger charge is 2.35. The Bertz CT molecular complexity index is 313. The van der Waals surface area contributed by atoms with Gasteiger partial charge in [-0.15, -0.1) is 0 Å². The number of nitrogens with zero attached hydrogens (tertiary/aromatic N) is 2. The molecule has 2 saturated heterocycles. The van der Waals surface area contributed by atoms with Crippen LogP contribution in [-0.4, -0.2) is 61.0 Å². The van der Waals surface area contributed by atoms with Crippen molar-refractivity contribution in [1.82, 2.24) is 15.1 Å². The van der Waals surface area contributed by atoms with E-state index in [-0.39, 0.29) is 0 Å². The normalized spacial score (nSPS) is 32.9. The third kappa shape index (κ3) is 3.11. The maximum absolute atomic E-state index is 12.6. The molecule has 2 atom stereocenters. The molecule has 3 aliphatic rings. The molecule has 2 aliphatic heterocycles. The molecule has 108 valence electrons. The van der Waals surface area contributed by atoms with Crippen LogP contribution in [0.4, 0.5) is 0 Å². The van der Waals surface area contributed by atoms with Crippen molar-refractivity contribution >= 4 is 5.91 Å². The smallest absolute Gasteiger partial charge is 0.237 e. The van der Waals surface area contributed by atoms with Crippen LogP contribution in [0.2, 0.25) is 0 Å². The lowest BCUT2D eigenvalue weighted by Crippen LogP contribution is -2.54. The standard InChI is InChI=1S/C15H27N3O/c19-15(12-17-10-7-16-8-11-17)18-9-3-5-13-4-1-2-6-14(13)18/h13-14,16H,1-12H2. The van der Waals surface area contributed by atoms with Crippen molar-refractivity contribution in [3.63, 3.8) is 0 Å². The van der Waals surface area contributed by atoms with Crippen LogP contribution in [-0.2, 0) is 4.79 Å². The zero-order chi connectivity index (χ0) is 13.1. The van der Waals surface area contributed by atoms with Gasteiger partial charge in [0.1, 0.15) is 0 Å². The number of hydrogen-bond acceptors (Lipinski definition) is 3. The molecule has 0 bridgehead atoms. The molecule has 2 unspecified atom stereocenters. The number of likely N-dealkylation sites (tertiary alicyclic amines) is 1. The summed E-state index contributed by atoms with van der Waals surface area (Å²) in [6.07, 6.45) is 7.86. The predicted octanol–water partition coefficient (Wildman–Crippen LogP) is 1.07. The maximum atomic E-state index is 12.6. The van der Waals surface area contributed by atoms with E-state index in [4.69, 9.17) is 0 Å². The Morgan fingerprint density at radius 2 is 1.74 bits per heavy atom. The minimum absolute atomic E-state index is 0.388. The quantitative estimate of drug-likeness (QED) is 0.811. The molecule has 4 nitrogen and oxygen atoms in total. The third-order valence-electron chi connectivity index (χ3n) is 5.13. The SMILES string of the molecule is O=C(CN1CCNCC1)N1CCCC2CCCCC21. The lowest BCUT2D eigenvalue weighted by molar-refractivity contribution is -0.138. The van der Waals surface area contributed by atoms with E-state index in [1.807, 2.05) is 0 Å². The Hall–Kier alpha value is -0.610. The summed E-state index contributed by atoms with van der Waals surface area (Å²) < 4.78 is 0. The Labute approximate surface area is 116 Å². The van der Waals surface area contributed by atoms with Crippen molar-refractivity contribution in [2.24, 2.45) is 5.92 Å². The molecule has 1 amide bonds. The van der Waals surface area contributed by atoms with Gasteiger partial charge in [-0.3, -0.25) is 9.69 Å². The molecular weight excluding hydrogens is 238 g/mol. The number of fused-ring (bicyclic) bond motifs is 1. The van der Waals surface area contributed by atoms with Gasteiger partial charge < -0.3 is 10.2 Å². The average molecular weight is 265 g/mol. The fourth-order valence-electron chi connectivity index (χ4n) is 4.09. The Morgan fingerprint density at radius 3 is 2.58 bits per heavy atom. The molecule has 0 aromatic heterocycles. The van der Waals surface area contributed by atoms with Gasteiger partial charge in [0, 0.05) is 38.8 Å². The highest BCUT2D eigenvalue weighted by atomic mass is 16.2. The summed E-state index contributed by atoms with van der Waals surface area (Å²) in [5.74, 6) is 1.19. The molecule has 1 saturated carbocycles. The zero-order valence-corrected chi connectivity index (χ0v) is 11.9. The first-order valence-electron chi connectivity index (χ1n) is 8.07. The number of carbonyl (C=O) groups is 1. The summed E-state index contributed by atoms with van der Waals surface area (Å²) in [4.78, 5) is 17.1. The molecule has 3 rings (SSSR count). The lowest BCUT2D eigenvalue weighted by Gasteiger charge is -2.44. The van der Waals surface area contributed by atoms with Crippen LogP contribution in [0.25, 0.3) is 0 Å². The van der Waals surface area contributed by atoms with Crippen molar-refractivity contribution in [3.05, 3.63) is 0 Å². The molecule has 0 radical (unpaired) electrons. The van der Waals surface area contributed by atoms with Gasteiger partial charge in [0.15, 0.2) is 0 Å². The summed E-state index contributed by atoms with van der Waals surface area (Å²) in [6, 6.07) is 0.568.